The van der Waals surface area contributed by atoms with Gasteiger partial charge < -0.3 is 37.0 Å². The molecule has 0 bridgehead atoms. The third-order valence-corrected chi connectivity index (χ3v) is 10.7. The Morgan fingerprint density at radius 2 is 1.42 bits per heavy atom. The smallest absolute Gasteiger partial charge is 0.335 e. The van der Waals surface area contributed by atoms with Crippen LogP contribution < -0.4 is 27.0 Å². The van der Waals surface area contributed by atoms with E-state index in [0.717, 1.165) is 44.9 Å². The number of carbonyl (C=O) groups excluding carboxylic acids is 7. The van der Waals surface area contributed by atoms with E-state index in [1.165, 1.54) is 36.2 Å². The number of carbonyl (C=O) groups is 8. The fourth-order valence-electron chi connectivity index (χ4n) is 7.12. The quantitative estimate of drug-likeness (QED) is 0.115. The summed E-state index contributed by atoms with van der Waals surface area (Å²) < 4.78 is 0. The lowest BCUT2D eigenvalue weighted by Crippen LogP contribution is -2.59. The number of hydrogen-bond acceptors (Lipinski definition) is 8. The van der Waals surface area contributed by atoms with Gasteiger partial charge in [0.05, 0.1) is 18.2 Å². The summed E-state index contributed by atoms with van der Waals surface area (Å²) >= 11 is 0. The maximum atomic E-state index is 14.3. The van der Waals surface area contributed by atoms with Crippen LogP contribution in [0.2, 0.25) is 0 Å². The second-order valence-electron chi connectivity index (χ2n) is 15.0. The summed E-state index contributed by atoms with van der Waals surface area (Å²) in [4.78, 5) is 106. The molecule has 3 saturated carbocycles. The first-order valence-electron chi connectivity index (χ1n) is 19.0. The highest BCUT2D eigenvalue weighted by molar-refractivity contribution is 6.38. The van der Waals surface area contributed by atoms with Crippen LogP contribution in [0.3, 0.4) is 0 Å². The third-order valence-electron chi connectivity index (χ3n) is 10.7. The van der Waals surface area contributed by atoms with Crippen molar-refractivity contribution >= 4 is 47.2 Å². The largest absolute Gasteiger partial charge is 0.478 e. The molecule has 15 nitrogen and oxygen atoms in total. The molecule has 0 spiro atoms. The molecule has 5 rings (SSSR count). The van der Waals surface area contributed by atoms with E-state index in [0.29, 0.717) is 24.8 Å². The number of likely N-dealkylation sites (N-methyl/N-ethyl adjacent to an activating group) is 1. The van der Waals surface area contributed by atoms with Crippen LogP contribution in [-0.2, 0) is 28.8 Å². The van der Waals surface area contributed by atoms with Crippen LogP contribution in [0.1, 0.15) is 103 Å². The fraction of sp³-hybridized carbons (Fsp3) is 0.500. The molecule has 55 heavy (non-hydrogen) atoms. The first-order valence-corrected chi connectivity index (χ1v) is 19.0. The Balaban J connectivity index is 1.27. The zero-order chi connectivity index (χ0) is 39.6. The minimum absolute atomic E-state index is 0.0708. The van der Waals surface area contributed by atoms with E-state index in [2.05, 4.69) is 21.3 Å². The number of nitrogens with zero attached hydrogens (tertiary/aromatic N) is 1. The first kappa shape index (κ1) is 40.6. The van der Waals surface area contributed by atoms with Crippen molar-refractivity contribution in [2.75, 3.05) is 13.6 Å². The SMILES string of the molecule is CN(C(=O)C(NC(=O)c1cccc(C(=O)O)c1)C1CCCCC1)[C@@H](CC1CC1)C(=O)NC(CC1CC1)C(=O)C(=O)NCC(=O)NC(C(N)=O)c1ccccc1. The molecule has 2 aromatic carbocycles. The van der Waals surface area contributed by atoms with Gasteiger partial charge in [0.1, 0.15) is 18.1 Å². The highest BCUT2D eigenvalue weighted by Crippen LogP contribution is 2.36. The fourth-order valence-corrected chi connectivity index (χ4v) is 7.12. The second kappa shape index (κ2) is 18.6. The van der Waals surface area contributed by atoms with Gasteiger partial charge in [0.25, 0.3) is 11.8 Å². The Bertz CT molecular complexity index is 1770. The summed E-state index contributed by atoms with van der Waals surface area (Å²) in [6.07, 6.45) is 7.97. The highest BCUT2D eigenvalue weighted by Gasteiger charge is 2.41. The number of aromatic carboxylic acids is 1. The molecule has 0 aliphatic heterocycles. The summed E-state index contributed by atoms with van der Waals surface area (Å²) in [5.74, 6) is -6.42. The molecule has 0 aromatic heterocycles. The average Bonchev–Trinajstić information content (AvgIpc) is 4.14. The molecule has 2 aromatic rings. The summed E-state index contributed by atoms with van der Waals surface area (Å²) in [5.41, 5.74) is 5.94. The van der Waals surface area contributed by atoms with Crippen molar-refractivity contribution < 1.29 is 43.5 Å². The molecule has 4 atom stereocenters. The molecule has 3 fully saturated rings. The summed E-state index contributed by atoms with van der Waals surface area (Å²) in [7, 11) is 1.50. The van der Waals surface area contributed by atoms with E-state index in [9.17, 15) is 43.5 Å². The van der Waals surface area contributed by atoms with Crippen molar-refractivity contribution in [2.24, 2.45) is 23.5 Å². The van der Waals surface area contributed by atoms with E-state index >= 15 is 0 Å². The number of primary amides is 1. The van der Waals surface area contributed by atoms with E-state index in [1.54, 1.807) is 30.3 Å². The van der Waals surface area contributed by atoms with Crippen molar-refractivity contribution in [3.8, 4) is 0 Å². The molecule has 15 heteroatoms. The van der Waals surface area contributed by atoms with Crippen molar-refractivity contribution in [3.05, 3.63) is 71.3 Å². The number of rotatable bonds is 19. The standard InChI is InChI=1S/C40H50N6O9/c1-46(39(53)33(26-11-6-3-7-12-26)45-36(50)27-13-8-14-28(21-27)40(54)55)30(20-24-17-18-24)37(51)43-29(19-23-15-16-23)34(48)38(52)42-22-31(47)44-32(35(41)49)25-9-4-2-5-10-25/h2,4-5,8-10,13-14,21,23-24,26,29-30,32-33H,3,6-7,11-12,15-20,22H2,1H3,(H2,41,49)(H,42,52)(H,43,51)(H,44,47)(H,45,50)(H,54,55)/t29?,30-,32?,33?/m0/s1. The number of benzene rings is 2. The topological polar surface area (TPSA) is 234 Å². The lowest BCUT2D eigenvalue weighted by molar-refractivity contribution is -0.144. The lowest BCUT2D eigenvalue weighted by Gasteiger charge is -2.36. The maximum absolute atomic E-state index is 14.3. The maximum Gasteiger partial charge on any atom is 0.335 e. The van der Waals surface area contributed by atoms with Crippen LogP contribution in [0.15, 0.2) is 54.6 Å². The number of carboxylic acid groups (broad SMARTS) is 1. The Morgan fingerprint density at radius 1 is 0.782 bits per heavy atom. The van der Waals surface area contributed by atoms with Crippen molar-refractivity contribution in [2.45, 2.75) is 94.8 Å². The van der Waals surface area contributed by atoms with Gasteiger partial charge in [-0.2, -0.15) is 0 Å². The number of carboxylic acids is 1. The third kappa shape index (κ3) is 11.4. The summed E-state index contributed by atoms with van der Waals surface area (Å²) in [5, 5.41) is 19.8. The average molecular weight is 759 g/mol. The molecule has 6 amide bonds. The van der Waals surface area contributed by atoms with Gasteiger partial charge in [-0.25, -0.2) is 4.79 Å². The van der Waals surface area contributed by atoms with Crippen LogP contribution in [0.5, 0.6) is 0 Å². The second-order valence-corrected chi connectivity index (χ2v) is 15.0. The van der Waals surface area contributed by atoms with Gasteiger partial charge in [-0.15, -0.1) is 0 Å². The van der Waals surface area contributed by atoms with Crippen LogP contribution in [0, 0.1) is 17.8 Å². The Labute approximate surface area is 319 Å². The molecule has 7 N–H and O–H groups in total. The number of nitrogens with two attached hydrogens (primary N) is 1. The predicted molar refractivity (Wildman–Crippen MR) is 199 cm³/mol. The van der Waals surface area contributed by atoms with Gasteiger partial charge in [-0.3, -0.25) is 33.6 Å². The molecule has 294 valence electrons. The van der Waals surface area contributed by atoms with E-state index in [-0.39, 0.29) is 35.3 Å². The van der Waals surface area contributed by atoms with Crippen molar-refractivity contribution in [1.29, 1.82) is 0 Å². The number of ketones is 1. The van der Waals surface area contributed by atoms with Gasteiger partial charge in [-0.05, 0) is 67.2 Å². The zero-order valence-electron chi connectivity index (χ0n) is 31.0. The summed E-state index contributed by atoms with van der Waals surface area (Å²) in [6.45, 7) is -0.623. The van der Waals surface area contributed by atoms with Crippen LogP contribution in [-0.4, -0.2) is 88.9 Å². The van der Waals surface area contributed by atoms with Crippen molar-refractivity contribution in [3.63, 3.8) is 0 Å². The number of Topliss-reactive ketones (excluding diaryl/α,β-unsaturated/α-hetero) is 1. The van der Waals surface area contributed by atoms with Gasteiger partial charge in [0.15, 0.2) is 0 Å². The Kier molecular flexibility index (Phi) is 13.7. The molecule has 0 saturated heterocycles. The highest BCUT2D eigenvalue weighted by atomic mass is 16.4. The molecule has 0 radical (unpaired) electrons. The van der Waals surface area contributed by atoms with E-state index in [1.807, 2.05) is 0 Å². The van der Waals surface area contributed by atoms with Gasteiger partial charge >= 0.3 is 5.97 Å². The molecule has 3 unspecified atom stereocenters. The van der Waals surface area contributed by atoms with Gasteiger partial charge in [0, 0.05) is 12.6 Å². The minimum atomic E-state index is -1.22. The monoisotopic (exact) mass is 758 g/mol. The van der Waals surface area contributed by atoms with E-state index < -0.39 is 77.9 Å². The Hall–Kier alpha value is -5.60. The minimum Gasteiger partial charge on any atom is -0.478 e. The lowest BCUT2D eigenvalue weighted by atomic mass is 9.83. The van der Waals surface area contributed by atoms with Crippen LogP contribution in [0.25, 0.3) is 0 Å². The van der Waals surface area contributed by atoms with Gasteiger partial charge in [0.2, 0.25) is 29.4 Å². The zero-order valence-corrected chi connectivity index (χ0v) is 31.0. The molecule has 3 aliphatic carbocycles. The Morgan fingerprint density at radius 3 is 2.04 bits per heavy atom. The van der Waals surface area contributed by atoms with Crippen LogP contribution in [0.4, 0.5) is 0 Å². The number of nitrogens with one attached hydrogen (secondary N) is 4. The normalized spacial score (nSPS) is 17.7. The molecular formula is C40H50N6O9. The van der Waals surface area contributed by atoms with Crippen LogP contribution >= 0.6 is 0 Å². The predicted octanol–water partition coefficient (Wildman–Crippen LogP) is 2.00. The number of amides is 6. The summed E-state index contributed by atoms with van der Waals surface area (Å²) in [6, 6.07) is 9.48. The molecule has 3 aliphatic rings. The molecular weight excluding hydrogens is 708 g/mol. The number of hydrogen-bond donors (Lipinski definition) is 6. The molecule has 0 heterocycles. The van der Waals surface area contributed by atoms with Crippen molar-refractivity contribution in [1.82, 2.24) is 26.2 Å². The first-order chi connectivity index (χ1) is 26.3. The van der Waals surface area contributed by atoms with Gasteiger partial charge in [-0.1, -0.05) is 81.3 Å². The van der Waals surface area contributed by atoms with E-state index in [4.69, 9.17) is 5.73 Å².